The van der Waals surface area contributed by atoms with Gasteiger partial charge in [0.1, 0.15) is 0 Å². The van der Waals surface area contributed by atoms with Crippen LogP contribution in [0.5, 0.6) is 0 Å². The third-order valence-corrected chi connectivity index (χ3v) is 4.72. The van der Waals surface area contributed by atoms with Crippen LogP contribution in [0.15, 0.2) is 0 Å². The predicted molar refractivity (Wildman–Crippen MR) is 73.8 cm³/mol. The van der Waals surface area contributed by atoms with Crippen LogP contribution in [0.3, 0.4) is 0 Å². The van der Waals surface area contributed by atoms with E-state index in [9.17, 15) is 9.90 Å². The Morgan fingerprint density at radius 3 is 2.95 bits per heavy atom. The Hall–Kier alpha value is -0.610. The molecular weight excluding hydrogens is 242 g/mol. The van der Waals surface area contributed by atoms with Crippen molar-refractivity contribution in [3.8, 4) is 0 Å². The third-order valence-electron chi connectivity index (χ3n) is 4.72. The number of carbonyl (C=O) groups excluding carboxylic acids is 1. The third kappa shape index (κ3) is 3.11. The highest BCUT2D eigenvalue weighted by molar-refractivity contribution is 5.74. The molecular formula is C15H27NO3. The first-order valence-corrected chi connectivity index (χ1v) is 7.73. The van der Waals surface area contributed by atoms with Gasteiger partial charge in [-0.2, -0.15) is 0 Å². The van der Waals surface area contributed by atoms with Gasteiger partial charge >= 0.3 is 5.97 Å². The number of carbonyl (C=O) groups is 1. The topological polar surface area (TPSA) is 49.8 Å². The molecule has 0 aromatic carbocycles. The summed E-state index contributed by atoms with van der Waals surface area (Å²) in [7, 11) is 0. The van der Waals surface area contributed by atoms with Gasteiger partial charge in [-0.3, -0.25) is 4.79 Å². The SMILES string of the molecule is CCCC(C(=O)OCC)C1(O)CCN2CCCC2C1. The first-order valence-electron chi connectivity index (χ1n) is 7.73. The van der Waals surface area contributed by atoms with Crippen molar-refractivity contribution in [1.29, 1.82) is 0 Å². The molecule has 2 saturated heterocycles. The van der Waals surface area contributed by atoms with E-state index in [0.29, 0.717) is 19.1 Å². The average Bonchev–Trinajstić information content (AvgIpc) is 2.82. The summed E-state index contributed by atoms with van der Waals surface area (Å²) in [5.41, 5.74) is -0.853. The molecule has 0 bridgehead atoms. The molecule has 2 rings (SSSR count). The molecule has 0 radical (unpaired) electrons. The smallest absolute Gasteiger partial charge is 0.311 e. The lowest BCUT2D eigenvalue weighted by molar-refractivity contribution is -0.164. The van der Waals surface area contributed by atoms with Gasteiger partial charge < -0.3 is 14.7 Å². The van der Waals surface area contributed by atoms with Crippen molar-refractivity contribution in [2.24, 2.45) is 5.92 Å². The van der Waals surface area contributed by atoms with Gasteiger partial charge in [0.2, 0.25) is 0 Å². The molecule has 19 heavy (non-hydrogen) atoms. The Kier molecular flexibility index (Phi) is 4.85. The second-order valence-electron chi connectivity index (χ2n) is 5.98. The summed E-state index contributed by atoms with van der Waals surface area (Å²) in [6.07, 6.45) is 5.44. The minimum absolute atomic E-state index is 0.210. The van der Waals surface area contributed by atoms with Gasteiger partial charge in [0.25, 0.3) is 0 Å². The molecule has 4 nitrogen and oxygen atoms in total. The summed E-state index contributed by atoms with van der Waals surface area (Å²) in [4.78, 5) is 14.6. The Labute approximate surface area is 116 Å². The minimum Gasteiger partial charge on any atom is -0.466 e. The maximum atomic E-state index is 12.1. The Morgan fingerprint density at radius 2 is 2.26 bits per heavy atom. The van der Waals surface area contributed by atoms with Gasteiger partial charge in [-0.1, -0.05) is 13.3 Å². The maximum Gasteiger partial charge on any atom is 0.311 e. The van der Waals surface area contributed by atoms with Crippen LogP contribution in [-0.4, -0.2) is 47.3 Å². The fourth-order valence-electron chi connectivity index (χ4n) is 3.72. The second kappa shape index (κ2) is 6.23. The molecule has 2 aliphatic heterocycles. The number of piperidine rings is 1. The van der Waals surface area contributed by atoms with Gasteiger partial charge in [-0.05, 0) is 45.6 Å². The highest BCUT2D eigenvalue weighted by Crippen LogP contribution is 2.39. The molecule has 0 amide bonds. The highest BCUT2D eigenvalue weighted by atomic mass is 16.5. The zero-order valence-corrected chi connectivity index (χ0v) is 12.2. The van der Waals surface area contributed by atoms with Gasteiger partial charge in [-0.25, -0.2) is 0 Å². The predicted octanol–water partition coefficient (Wildman–Crippen LogP) is 1.96. The van der Waals surface area contributed by atoms with Crippen molar-refractivity contribution < 1.29 is 14.6 Å². The summed E-state index contributed by atoms with van der Waals surface area (Å²) in [6, 6.07) is 0.465. The van der Waals surface area contributed by atoms with Crippen LogP contribution in [0.1, 0.15) is 52.4 Å². The van der Waals surface area contributed by atoms with E-state index in [1.807, 2.05) is 6.92 Å². The van der Waals surface area contributed by atoms with E-state index >= 15 is 0 Å². The van der Waals surface area contributed by atoms with Gasteiger partial charge in [-0.15, -0.1) is 0 Å². The normalized spacial score (nSPS) is 32.9. The average molecular weight is 269 g/mol. The zero-order chi connectivity index (χ0) is 13.9. The van der Waals surface area contributed by atoms with Crippen LogP contribution in [-0.2, 0) is 9.53 Å². The summed E-state index contributed by atoms with van der Waals surface area (Å²) in [6.45, 7) is 6.34. The lowest BCUT2D eigenvalue weighted by Crippen LogP contribution is -2.53. The van der Waals surface area contributed by atoms with Crippen LogP contribution in [0.4, 0.5) is 0 Å². The Balaban J connectivity index is 2.08. The summed E-state index contributed by atoms with van der Waals surface area (Å²) < 4.78 is 5.17. The van der Waals surface area contributed by atoms with E-state index in [0.717, 1.165) is 38.8 Å². The number of hydrogen-bond donors (Lipinski definition) is 1. The summed E-state index contributed by atoms with van der Waals surface area (Å²) in [5.74, 6) is -0.557. The van der Waals surface area contributed by atoms with E-state index in [1.165, 1.54) is 6.42 Å². The van der Waals surface area contributed by atoms with Gasteiger partial charge in [0.05, 0.1) is 18.1 Å². The van der Waals surface area contributed by atoms with Crippen molar-refractivity contribution in [2.75, 3.05) is 19.7 Å². The fraction of sp³-hybridized carbons (Fsp3) is 0.933. The van der Waals surface area contributed by atoms with E-state index in [1.54, 1.807) is 0 Å². The van der Waals surface area contributed by atoms with Gasteiger partial charge in [0, 0.05) is 12.6 Å². The Morgan fingerprint density at radius 1 is 1.47 bits per heavy atom. The van der Waals surface area contributed by atoms with Crippen molar-refractivity contribution in [3.63, 3.8) is 0 Å². The molecule has 3 atom stereocenters. The van der Waals surface area contributed by atoms with E-state index in [4.69, 9.17) is 4.74 Å². The number of fused-ring (bicyclic) bond motifs is 1. The quantitative estimate of drug-likeness (QED) is 0.775. The van der Waals surface area contributed by atoms with Crippen molar-refractivity contribution in [1.82, 2.24) is 4.90 Å². The van der Waals surface area contributed by atoms with Crippen LogP contribution < -0.4 is 0 Å². The standard InChI is InChI=1S/C15H27NO3/c1-3-6-13(14(17)19-4-2)15(18)8-10-16-9-5-7-12(16)11-15/h12-13,18H,3-11H2,1-2H3. The lowest BCUT2D eigenvalue weighted by Gasteiger charge is -2.44. The highest BCUT2D eigenvalue weighted by Gasteiger charge is 2.47. The molecule has 0 saturated carbocycles. The molecule has 0 aromatic rings. The number of ether oxygens (including phenoxy) is 1. The number of rotatable bonds is 5. The van der Waals surface area contributed by atoms with Crippen molar-refractivity contribution in [3.05, 3.63) is 0 Å². The molecule has 2 aliphatic rings. The summed E-state index contributed by atoms with van der Waals surface area (Å²) >= 11 is 0. The van der Waals surface area contributed by atoms with E-state index < -0.39 is 5.60 Å². The van der Waals surface area contributed by atoms with Crippen molar-refractivity contribution >= 4 is 5.97 Å². The first kappa shape index (κ1) is 14.8. The van der Waals surface area contributed by atoms with Gasteiger partial charge in [0.15, 0.2) is 0 Å². The van der Waals surface area contributed by atoms with Crippen LogP contribution in [0.2, 0.25) is 0 Å². The number of hydrogen-bond acceptors (Lipinski definition) is 4. The molecule has 1 N–H and O–H groups in total. The van der Waals surface area contributed by atoms with E-state index in [2.05, 4.69) is 11.8 Å². The second-order valence-corrected chi connectivity index (χ2v) is 5.98. The van der Waals surface area contributed by atoms with E-state index in [-0.39, 0.29) is 11.9 Å². The lowest BCUT2D eigenvalue weighted by atomic mass is 9.75. The fourth-order valence-corrected chi connectivity index (χ4v) is 3.72. The molecule has 0 aliphatic carbocycles. The largest absolute Gasteiger partial charge is 0.466 e. The van der Waals surface area contributed by atoms with Crippen LogP contribution in [0.25, 0.3) is 0 Å². The molecule has 2 heterocycles. The maximum absolute atomic E-state index is 12.1. The monoisotopic (exact) mass is 269 g/mol. The number of esters is 1. The molecule has 3 unspecified atom stereocenters. The summed E-state index contributed by atoms with van der Waals surface area (Å²) in [5, 5.41) is 11.0. The van der Waals surface area contributed by atoms with Crippen LogP contribution >= 0.6 is 0 Å². The zero-order valence-electron chi connectivity index (χ0n) is 12.2. The molecule has 0 spiro atoms. The minimum atomic E-state index is -0.853. The van der Waals surface area contributed by atoms with Crippen molar-refractivity contribution in [2.45, 2.75) is 64.0 Å². The number of nitrogens with zero attached hydrogens (tertiary/aromatic N) is 1. The first-order chi connectivity index (χ1) is 9.10. The number of aliphatic hydroxyl groups is 1. The Bertz CT molecular complexity index is 321. The van der Waals surface area contributed by atoms with Crippen LogP contribution in [0, 0.1) is 5.92 Å². The molecule has 0 aromatic heterocycles. The molecule has 4 heteroatoms. The molecule has 2 fully saturated rings. The molecule has 110 valence electrons.